The van der Waals surface area contributed by atoms with Crippen LogP contribution in [0.15, 0.2) is 110 Å². The van der Waals surface area contributed by atoms with Crippen molar-refractivity contribution in [1.29, 1.82) is 0 Å². The average molecular weight is 612 g/mol. The standard InChI is InChI=1S/C35H29Cl2FN4O/c1-42-22-40-21-34(42)35(43,25-7-10-27(36)11-8-25)26-9-14-33-32(18-26)31(24-3-2-4-28(37)17-24)19-30(41-33)20-39-16-15-23-5-12-29(38)13-6-23/h2-14,17-19,21-22,39,43H,15-16,20H2,1H3. The van der Waals surface area contributed by atoms with Crippen molar-refractivity contribution in [3.63, 3.8) is 0 Å². The van der Waals surface area contributed by atoms with Gasteiger partial charge in [0.2, 0.25) is 0 Å². The molecule has 1 atom stereocenters. The minimum absolute atomic E-state index is 0.235. The maximum Gasteiger partial charge on any atom is 0.156 e. The molecule has 0 saturated carbocycles. The first-order valence-electron chi connectivity index (χ1n) is 13.9. The fraction of sp³-hybridized carbons (Fsp3) is 0.143. The van der Waals surface area contributed by atoms with Gasteiger partial charge in [-0.05, 0) is 95.4 Å². The Hall–Kier alpha value is -4.07. The molecule has 0 saturated heterocycles. The summed E-state index contributed by atoms with van der Waals surface area (Å²) in [6.45, 7) is 1.27. The second-order valence-electron chi connectivity index (χ2n) is 10.6. The van der Waals surface area contributed by atoms with E-state index in [1.54, 1.807) is 36.8 Å². The summed E-state index contributed by atoms with van der Waals surface area (Å²) in [6, 6.07) is 29.4. The molecule has 0 amide bonds. The SMILES string of the molecule is Cn1cncc1C(O)(c1ccc(Cl)cc1)c1ccc2nc(CNCCc3ccc(F)cc3)cc(-c3cccc(Cl)c3)c2c1. The molecule has 0 aliphatic rings. The zero-order valence-corrected chi connectivity index (χ0v) is 24.9. The van der Waals surface area contributed by atoms with E-state index in [1.807, 2.05) is 66.2 Å². The Kier molecular flexibility index (Phi) is 8.28. The molecule has 4 aromatic carbocycles. The molecule has 8 heteroatoms. The van der Waals surface area contributed by atoms with E-state index in [0.29, 0.717) is 33.4 Å². The third-order valence-electron chi connectivity index (χ3n) is 7.67. The lowest BCUT2D eigenvalue weighted by atomic mass is 9.82. The molecule has 5 nitrogen and oxygen atoms in total. The lowest BCUT2D eigenvalue weighted by molar-refractivity contribution is 0.117. The summed E-state index contributed by atoms with van der Waals surface area (Å²) in [5, 5.41) is 18.0. The number of hydrogen-bond acceptors (Lipinski definition) is 4. The number of pyridine rings is 1. The molecule has 1 unspecified atom stereocenters. The lowest BCUT2D eigenvalue weighted by Crippen LogP contribution is -2.31. The van der Waals surface area contributed by atoms with Gasteiger partial charge in [-0.1, -0.05) is 65.7 Å². The van der Waals surface area contributed by atoms with Crippen LogP contribution in [0, 0.1) is 5.82 Å². The summed E-state index contributed by atoms with van der Waals surface area (Å²) in [7, 11) is 1.86. The van der Waals surface area contributed by atoms with Gasteiger partial charge in [0.05, 0.1) is 29.4 Å². The van der Waals surface area contributed by atoms with Gasteiger partial charge in [-0.15, -0.1) is 0 Å². The maximum atomic E-state index is 13.3. The van der Waals surface area contributed by atoms with Crippen LogP contribution in [0.4, 0.5) is 4.39 Å². The molecule has 0 fully saturated rings. The Morgan fingerprint density at radius 2 is 1.65 bits per heavy atom. The van der Waals surface area contributed by atoms with Gasteiger partial charge in [-0.3, -0.25) is 4.98 Å². The molecule has 0 bridgehead atoms. The van der Waals surface area contributed by atoms with Crippen LogP contribution in [0.3, 0.4) is 0 Å². The number of imidazole rings is 1. The molecule has 6 aromatic rings. The minimum atomic E-state index is -1.50. The van der Waals surface area contributed by atoms with Gasteiger partial charge in [0.1, 0.15) is 5.82 Å². The molecule has 2 heterocycles. The normalized spacial score (nSPS) is 12.9. The van der Waals surface area contributed by atoms with Gasteiger partial charge in [0.15, 0.2) is 5.60 Å². The van der Waals surface area contributed by atoms with Gasteiger partial charge in [0.25, 0.3) is 0 Å². The Balaban J connectivity index is 1.41. The number of fused-ring (bicyclic) bond motifs is 1. The van der Waals surface area contributed by atoms with Gasteiger partial charge < -0.3 is 15.0 Å². The molecule has 0 spiro atoms. The molecular weight excluding hydrogens is 582 g/mol. The zero-order chi connectivity index (χ0) is 30.0. The van der Waals surface area contributed by atoms with Crippen molar-refractivity contribution in [3.8, 4) is 11.1 Å². The van der Waals surface area contributed by atoms with E-state index in [4.69, 9.17) is 28.2 Å². The topological polar surface area (TPSA) is 63.0 Å². The summed E-state index contributed by atoms with van der Waals surface area (Å²) in [5.41, 5.74) is 5.07. The van der Waals surface area contributed by atoms with Gasteiger partial charge in [-0.25, -0.2) is 9.37 Å². The third-order valence-corrected chi connectivity index (χ3v) is 8.16. The highest BCUT2D eigenvalue weighted by Gasteiger charge is 2.37. The van der Waals surface area contributed by atoms with Crippen LogP contribution in [0.5, 0.6) is 0 Å². The largest absolute Gasteiger partial charge is 0.374 e. The van der Waals surface area contributed by atoms with E-state index in [2.05, 4.69) is 16.4 Å². The Morgan fingerprint density at radius 3 is 2.37 bits per heavy atom. The number of nitrogens with zero attached hydrogens (tertiary/aromatic N) is 3. The fourth-order valence-corrected chi connectivity index (χ4v) is 5.77. The zero-order valence-electron chi connectivity index (χ0n) is 23.4. The lowest BCUT2D eigenvalue weighted by Gasteiger charge is -2.30. The number of benzene rings is 4. The Bertz CT molecular complexity index is 1890. The van der Waals surface area contributed by atoms with Gasteiger partial charge >= 0.3 is 0 Å². The first-order chi connectivity index (χ1) is 20.8. The molecule has 0 radical (unpaired) electrons. The Morgan fingerprint density at radius 1 is 0.884 bits per heavy atom. The van der Waals surface area contributed by atoms with Crippen molar-refractivity contribution in [1.82, 2.24) is 19.9 Å². The summed E-state index contributed by atoms with van der Waals surface area (Å²) in [5.74, 6) is -0.235. The van der Waals surface area contributed by atoms with Crippen LogP contribution >= 0.6 is 23.2 Å². The van der Waals surface area contributed by atoms with Crippen molar-refractivity contribution in [2.75, 3.05) is 6.54 Å². The molecule has 0 aliphatic heterocycles. The van der Waals surface area contributed by atoms with Crippen LogP contribution < -0.4 is 5.32 Å². The Labute approximate surface area is 259 Å². The summed E-state index contributed by atoms with van der Waals surface area (Å²) in [4.78, 5) is 9.26. The minimum Gasteiger partial charge on any atom is -0.374 e. The van der Waals surface area contributed by atoms with Crippen molar-refractivity contribution in [3.05, 3.63) is 154 Å². The highest BCUT2D eigenvalue weighted by atomic mass is 35.5. The number of aromatic nitrogens is 3. The van der Waals surface area contributed by atoms with Crippen LogP contribution in [0.2, 0.25) is 10.0 Å². The van der Waals surface area contributed by atoms with E-state index in [1.165, 1.54) is 12.1 Å². The summed E-state index contributed by atoms with van der Waals surface area (Å²) < 4.78 is 15.1. The van der Waals surface area contributed by atoms with E-state index in [0.717, 1.165) is 46.3 Å². The number of halogens is 3. The smallest absolute Gasteiger partial charge is 0.156 e. The van der Waals surface area contributed by atoms with Crippen LogP contribution in [0.1, 0.15) is 28.1 Å². The fourth-order valence-electron chi connectivity index (χ4n) is 5.45. The molecule has 216 valence electrons. The molecule has 2 aromatic heterocycles. The number of rotatable bonds is 9. The van der Waals surface area contributed by atoms with E-state index >= 15 is 0 Å². The van der Waals surface area contributed by atoms with Crippen LogP contribution in [0.25, 0.3) is 22.0 Å². The highest BCUT2D eigenvalue weighted by molar-refractivity contribution is 6.31. The monoisotopic (exact) mass is 610 g/mol. The first kappa shape index (κ1) is 29.0. The molecule has 0 aliphatic carbocycles. The summed E-state index contributed by atoms with van der Waals surface area (Å²) in [6.07, 6.45) is 4.12. The second-order valence-corrected chi connectivity index (χ2v) is 11.4. The predicted octanol–water partition coefficient (Wildman–Crippen LogP) is 7.70. The molecular formula is C35H29Cl2FN4O. The first-order valence-corrected chi connectivity index (χ1v) is 14.7. The number of hydrogen-bond donors (Lipinski definition) is 2. The van der Waals surface area contributed by atoms with Crippen molar-refractivity contribution < 1.29 is 9.50 Å². The van der Waals surface area contributed by atoms with Crippen molar-refractivity contribution in [2.45, 2.75) is 18.6 Å². The van der Waals surface area contributed by atoms with Crippen molar-refractivity contribution >= 4 is 34.1 Å². The number of aryl methyl sites for hydroxylation is 1. The van der Waals surface area contributed by atoms with Crippen molar-refractivity contribution in [2.24, 2.45) is 7.05 Å². The number of nitrogens with one attached hydrogen (secondary N) is 1. The van der Waals surface area contributed by atoms with Crippen LogP contribution in [-0.2, 0) is 25.6 Å². The van der Waals surface area contributed by atoms with E-state index in [9.17, 15) is 9.50 Å². The maximum absolute atomic E-state index is 13.3. The number of aliphatic hydroxyl groups is 1. The summed E-state index contributed by atoms with van der Waals surface area (Å²) >= 11 is 12.6. The quantitative estimate of drug-likeness (QED) is 0.165. The van der Waals surface area contributed by atoms with E-state index < -0.39 is 5.60 Å². The highest BCUT2D eigenvalue weighted by Crippen LogP contribution is 2.40. The molecule has 2 N–H and O–H groups in total. The average Bonchev–Trinajstić information content (AvgIpc) is 3.45. The third kappa shape index (κ3) is 6.05. The van der Waals surface area contributed by atoms with Crippen LogP contribution in [-0.4, -0.2) is 26.2 Å². The molecule has 43 heavy (non-hydrogen) atoms. The van der Waals surface area contributed by atoms with E-state index in [-0.39, 0.29) is 5.82 Å². The molecule has 6 rings (SSSR count). The van der Waals surface area contributed by atoms with Gasteiger partial charge in [0, 0.05) is 29.0 Å². The second kappa shape index (κ2) is 12.3. The predicted molar refractivity (Wildman–Crippen MR) is 171 cm³/mol. The van der Waals surface area contributed by atoms with Gasteiger partial charge in [-0.2, -0.15) is 0 Å².